The van der Waals surface area contributed by atoms with Crippen molar-refractivity contribution in [2.75, 3.05) is 45.4 Å². The normalized spacial score (nSPS) is 13.1. The number of ether oxygens (including phenoxy) is 1. The first-order valence-electron chi connectivity index (χ1n) is 12.7. The SMILES string of the molecule is COc1cc2c(cc1-n1nc(C(=O)NCCCN(C)C)c3cnc(-c4cnn5cccnc45)cc31)SCC(=O)N2. The monoisotopic (exact) mass is 557 g/mol. The van der Waals surface area contributed by atoms with Crippen LogP contribution in [0.2, 0.25) is 0 Å². The number of anilines is 1. The van der Waals surface area contributed by atoms with Crippen LogP contribution in [-0.2, 0) is 4.79 Å². The summed E-state index contributed by atoms with van der Waals surface area (Å²) in [6.45, 7) is 1.37. The molecule has 1 aliphatic rings. The lowest BCUT2D eigenvalue weighted by Gasteiger charge is -2.19. The Balaban J connectivity index is 1.49. The van der Waals surface area contributed by atoms with Crippen LogP contribution in [-0.4, -0.2) is 86.1 Å². The second-order valence-corrected chi connectivity index (χ2v) is 10.6. The Morgan fingerprint density at radius 1 is 1.23 bits per heavy atom. The van der Waals surface area contributed by atoms with E-state index in [2.05, 4.69) is 30.6 Å². The van der Waals surface area contributed by atoms with E-state index in [1.54, 1.807) is 41.0 Å². The fourth-order valence-electron chi connectivity index (χ4n) is 4.62. The molecule has 1 aromatic carbocycles. The van der Waals surface area contributed by atoms with Gasteiger partial charge in [0.05, 0.1) is 46.9 Å². The number of hydrogen-bond donors (Lipinski definition) is 2. The van der Waals surface area contributed by atoms with E-state index < -0.39 is 0 Å². The van der Waals surface area contributed by atoms with E-state index >= 15 is 0 Å². The van der Waals surface area contributed by atoms with Crippen LogP contribution in [0.25, 0.3) is 33.5 Å². The van der Waals surface area contributed by atoms with Gasteiger partial charge in [-0.3, -0.25) is 14.6 Å². The maximum absolute atomic E-state index is 13.3. The van der Waals surface area contributed by atoms with Crippen LogP contribution in [0.15, 0.2) is 53.9 Å². The molecule has 2 N–H and O–H groups in total. The first kappa shape index (κ1) is 25.8. The smallest absolute Gasteiger partial charge is 0.272 e. The number of aromatic nitrogens is 6. The van der Waals surface area contributed by atoms with Gasteiger partial charge in [0.1, 0.15) is 11.4 Å². The predicted octanol–water partition coefficient (Wildman–Crippen LogP) is 2.86. The zero-order chi connectivity index (χ0) is 27.8. The van der Waals surface area contributed by atoms with Crippen LogP contribution >= 0.6 is 11.8 Å². The molecule has 0 spiro atoms. The summed E-state index contributed by atoms with van der Waals surface area (Å²) in [5.41, 5.74) is 4.30. The lowest BCUT2D eigenvalue weighted by Crippen LogP contribution is -2.27. The van der Waals surface area contributed by atoms with E-state index in [0.717, 1.165) is 23.4 Å². The summed E-state index contributed by atoms with van der Waals surface area (Å²) < 4.78 is 9.10. The van der Waals surface area contributed by atoms with E-state index in [9.17, 15) is 9.59 Å². The molecule has 0 radical (unpaired) electrons. The fraction of sp³-hybridized carbons (Fsp3) is 0.259. The number of nitrogens with zero attached hydrogens (tertiary/aromatic N) is 7. The summed E-state index contributed by atoms with van der Waals surface area (Å²) in [5.74, 6) is 0.464. The average Bonchev–Trinajstić information content (AvgIpc) is 3.56. The molecule has 13 heteroatoms. The third kappa shape index (κ3) is 4.73. The highest BCUT2D eigenvalue weighted by molar-refractivity contribution is 8.00. The van der Waals surface area contributed by atoms with Crippen molar-refractivity contribution < 1.29 is 14.3 Å². The molecule has 2 amide bonds. The molecule has 1 aliphatic heterocycles. The molecule has 6 rings (SSSR count). The standard InChI is InChI=1S/C27H27N9O3S/c1-34(2)8-4-7-29-27(38)25-17-13-30-18(16-14-31-35-9-5-6-28-26(16)35)10-20(17)36(33-25)21-12-23-19(11-22(21)39-3)32-24(37)15-40-23/h5-6,9-14H,4,7-8,15H2,1-3H3,(H,29,38)(H,32,37). The zero-order valence-electron chi connectivity index (χ0n) is 22.2. The molecule has 0 atom stereocenters. The number of thioether (sulfide) groups is 1. The molecular formula is C27H27N9O3S. The number of carbonyl (C=O) groups is 2. The number of benzene rings is 1. The molecule has 0 bridgehead atoms. The second kappa shape index (κ2) is 10.6. The Bertz CT molecular complexity index is 1760. The Kier molecular flexibility index (Phi) is 6.82. The summed E-state index contributed by atoms with van der Waals surface area (Å²) in [7, 11) is 5.55. The lowest BCUT2D eigenvalue weighted by molar-refractivity contribution is -0.113. The van der Waals surface area contributed by atoms with Gasteiger partial charge in [0.15, 0.2) is 11.3 Å². The summed E-state index contributed by atoms with van der Waals surface area (Å²) >= 11 is 1.44. The Morgan fingerprint density at radius 2 is 2.10 bits per heavy atom. The maximum Gasteiger partial charge on any atom is 0.272 e. The minimum absolute atomic E-state index is 0.0669. The van der Waals surface area contributed by atoms with Crippen molar-refractivity contribution in [3.63, 3.8) is 0 Å². The van der Waals surface area contributed by atoms with Crippen LogP contribution in [0.1, 0.15) is 16.9 Å². The number of methoxy groups -OCH3 is 1. The predicted molar refractivity (Wildman–Crippen MR) is 152 cm³/mol. The van der Waals surface area contributed by atoms with Crippen molar-refractivity contribution in [3.05, 3.63) is 54.7 Å². The summed E-state index contributed by atoms with van der Waals surface area (Å²) in [4.78, 5) is 37.4. The van der Waals surface area contributed by atoms with Gasteiger partial charge in [-0.1, -0.05) is 0 Å². The van der Waals surface area contributed by atoms with Gasteiger partial charge in [0.25, 0.3) is 5.91 Å². The summed E-state index contributed by atoms with van der Waals surface area (Å²) in [6.07, 6.45) is 7.71. The molecule has 0 aliphatic carbocycles. The van der Waals surface area contributed by atoms with Gasteiger partial charge >= 0.3 is 0 Å². The van der Waals surface area contributed by atoms with Crippen LogP contribution in [0.5, 0.6) is 5.75 Å². The second-order valence-electron chi connectivity index (χ2n) is 9.56. The van der Waals surface area contributed by atoms with Gasteiger partial charge in [-0.05, 0) is 45.3 Å². The van der Waals surface area contributed by atoms with E-state index in [1.807, 2.05) is 38.5 Å². The molecule has 5 aromatic rings. The van der Waals surface area contributed by atoms with Crippen LogP contribution in [0, 0.1) is 0 Å². The van der Waals surface area contributed by atoms with Gasteiger partial charge in [0, 0.05) is 36.1 Å². The van der Waals surface area contributed by atoms with E-state index in [4.69, 9.17) is 9.84 Å². The largest absolute Gasteiger partial charge is 0.494 e. The molecule has 4 aromatic heterocycles. The summed E-state index contributed by atoms with van der Waals surface area (Å²) in [6, 6.07) is 7.38. The highest BCUT2D eigenvalue weighted by Gasteiger charge is 2.24. The van der Waals surface area contributed by atoms with Crippen LogP contribution in [0.4, 0.5) is 5.69 Å². The van der Waals surface area contributed by atoms with Crippen molar-refractivity contribution in [1.82, 2.24) is 39.6 Å². The van der Waals surface area contributed by atoms with Gasteiger partial charge in [-0.2, -0.15) is 10.2 Å². The quantitative estimate of drug-likeness (QED) is 0.277. The number of hydrogen-bond acceptors (Lipinski definition) is 9. The van der Waals surface area contributed by atoms with Crippen molar-refractivity contribution in [2.24, 2.45) is 0 Å². The van der Waals surface area contributed by atoms with Crippen molar-refractivity contribution in [2.45, 2.75) is 11.3 Å². The highest BCUT2D eigenvalue weighted by Crippen LogP contribution is 2.39. The first-order valence-corrected chi connectivity index (χ1v) is 13.7. The lowest BCUT2D eigenvalue weighted by atomic mass is 10.1. The number of pyridine rings is 1. The minimum Gasteiger partial charge on any atom is -0.494 e. The molecular weight excluding hydrogens is 530 g/mol. The number of fused-ring (bicyclic) bond motifs is 3. The van der Waals surface area contributed by atoms with E-state index in [1.165, 1.54) is 11.8 Å². The molecule has 40 heavy (non-hydrogen) atoms. The number of rotatable bonds is 8. The molecule has 0 unspecified atom stereocenters. The topological polar surface area (TPSA) is 132 Å². The van der Waals surface area contributed by atoms with Gasteiger partial charge in [0.2, 0.25) is 5.91 Å². The Hall–Kier alpha value is -4.49. The molecule has 0 saturated heterocycles. The molecule has 12 nitrogen and oxygen atoms in total. The van der Waals surface area contributed by atoms with Crippen LogP contribution in [0.3, 0.4) is 0 Å². The van der Waals surface area contributed by atoms with Crippen LogP contribution < -0.4 is 15.4 Å². The van der Waals surface area contributed by atoms with Crippen molar-refractivity contribution in [3.8, 4) is 22.7 Å². The first-order chi connectivity index (χ1) is 19.4. The van der Waals surface area contributed by atoms with Crippen molar-refractivity contribution in [1.29, 1.82) is 0 Å². The zero-order valence-corrected chi connectivity index (χ0v) is 23.0. The third-order valence-electron chi connectivity index (χ3n) is 6.55. The fourth-order valence-corrected chi connectivity index (χ4v) is 5.44. The minimum atomic E-state index is -0.284. The number of nitrogens with one attached hydrogen (secondary N) is 2. The number of carbonyl (C=O) groups excluding carboxylic acids is 2. The van der Waals surface area contributed by atoms with Gasteiger partial charge in [-0.25, -0.2) is 14.2 Å². The number of amides is 2. The Labute approximate surface area is 233 Å². The molecule has 0 saturated carbocycles. The maximum atomic E-state index is 13.3. The molecule has 5 heterocycles. The third-order valence-corrected chi connectivity index (χ3v) is 7.60. The van der Waals surface area contributed by atoms with Crippen molar-refractivity contribution >= 4 is 45.8 Å². The molecule has 0 fully saturated rings. The van der Waals surface area contributed by atoms with E-state index in [0.29, 0.717) is 51.7 Å². The van der Waals surface area contributed by atoms with E-state index in [-0.39, 0.29) is 17.5 Å². The van der Waals surface area contributed by atoms with Gasteiger partial charge < -0.3 is 20.3 Å². The average molecular weight is 558 g/mol. The molecule has 204 valence electrons. The van der Waals surface area contributed by atoms with Gasteiger partial charge in [-0.15, -0.1) is 11.8 Å². The summed E-state index contributed by atoms with van der Waals surface area (Å²) in [5, 5.41) is 15.6. The Morgan fingerprint density at radius 3 is 2.92 bits per heavy atom. The highest BCUT2D eigenvalue weighted by atomic mass is 32.2.